The zero-order chi connectivity index (χ0) is 9.76. The average Bonchev–Trinajstić information content (AvgIpc) is 2.44. The highest BCUT2D eigenvalue weighted by atomic mass is 35.5. The van der Waals surface area contributed by atoms with E-state index in [2.05, 4.69) is 0 Å². The van der Waals surface area contributed by atoms with Crippen LogP contribution < -0.4 is 0 Å². The van der Waals surface area contributed by atoms with Gasteiger partial charge in [0.2, 0.25) is 5.24 Å². The molecule has 0 radical (unpaired) electrons. The normalized spacial score (nSPS) is 50.5. The van der Waals surface area contributed by atoms with Gasteiger partial charge in [-0.25, -0.2) is 0 Å². The van der Waals surface area contributed by atoms with E-state index in [-0.39, 0.29) is 10.7 Å². The Hall–Kier alpha value is -0.0400. The molecule has 0 amide bonds. The topological polar surface area (TPSA) is 17.1 Å². The fourth-order valence-electron chi connectivity index (χ4n) is 4.57. The van der Waals surface area contributed by atoms with Gasteiger partial charge >= 0.3 is 0 Å². The molecule has 2 heteroatoms. The van der Waals surface area contributed by atoms with Gasteiger partial charge in [0.05, 0.1) is 0 Å². The van der Waals surface area contributed by atoms with E-state index in [4.69, 9.17) is 11.6 Å². The minimum absolute atomic E-state index is 0.0208. The first kappa shape index (κ1) is 9.21. The first-order valence-corrected chi connectivity index (χ1v) is 6.32. The van der Waals surface area contributed by atoms with Crippen molar-refractivity contribution in [3.05, 3.63) is 0 Å². The SMILES string of the molecule is O=C(Cl)C12CCCC3C(CCC31)CC2. The summed E-state index contributed by atoms with van der Waals surface area (Å²) in [6.45, 7) is 0. The van der Waals surface area contributed by atoms with Crippen molar-refractivity contribution in [2.75, 3.05) is 0 Å². The van der Waals surface area contributed by atoms with Gasteiger partial charge in [0, 0.05) is 5.41 Å². The van der Waals surface area contributed by atoms with Crippen molar-refractivity contribution in [3.63, 3.8) is 0 Å². The van der Waals surface area contributed by atoms with E-state index < -0.39 is 0 Å². The van der Waals surface area contributed by atoms with Gasteiger partial charge in [-0.15, -0.1) is 0 Å². The molecule has 3 fully saturated rings. The molecule has 3 aliphatic carbocycles. The quantitative estimate of drug-likeness (QED) is 0.610. The van der Waals surface area contributed by atoms with Gasteiger partial charge in [-0.3, -0.25) is 4.79 Å². The molecule has 0 aromatic rings. The fraction of sp³-hybridized carbons (Fsp3) is 0.917. The summed E-state index contributed by atoms with van der Waals surface area (Å²) in [7, 11) is 0. The molecule has 4 bridgehead atoms. The highest BCUT2D eigenvalue weighted by Crippen LogP contribution is 2.62. The lowest BCUT2D eigenvalue weighted by atomic mass is 9.56. The van der Waals surface area contributed by atoms with Crippen molar-refractivity contribution < 1.29 is 4.79 Å². The molecule has 0 aliphatic heterocycles. The van der Waals surface area contributed by atoms with Crippen LogP contribution in [0, 0.1) is 23.2 Å². The maximum absolute atomic E-state index is 11.7. The zero-order valence-corrected chi connectivity index (χ0v) is 9.22. The van der Waals surface area contributed by atoms with Gasteiger partial charge in [-0.05, 0) is 67.9 Å². The Labute approximate surface area is 90.2 Å². The Bertz CT molecular complexity index is 275. The van der Waals surface area contributed by atoms with Crippen molar-refractivity contribution in [3.8, 4) is 0 Å². The predicted octanol–water partition coefficient (Wildman–Crippen LogP) is 3.36. The maximum Gasteiger partial charge on any atom is 0.228 e. The lowest BCUT2D eigenvalue weighted by Crippen LogP contribution is -2.45. The number of rotatable bonds is 1. The summed E-state index contributed by atoms with van der Waals surface area (Å²) in [5, 5.41) is -0.0208. The van der Waals surface area contributed by atoms with Crippen LogP contribution in [-0.4, -0.2) is 5.24 Å². The van der Waals surface area contributed by atoms with Crippen molar-refractivity contribution in [2.45, 2.75) is 44.9 Å². The average molecular weight is 213 g/mol. The van der Waals surface area contributed by atoms with Crippen LogP contribution >= 0.6 is 11.6 Å². The highest BCUT2D eigenvalue weighted by molar-refractivity contribution is 6.64. The molecule has 0 N–H and O–H groups in total. The monoisotopic (exact) mass is 212 g/mol. The summed E-state index contributed by atoms with van der Waals surface area (Å²) in [5.41, 5.74) is -0.0858. The first-order chi connectivity index (χ1) is 6.74. The predicted molar refractivity (Wildman–Crippen MR) is 56.1 cm³/mol. The lowest BCUT2D eigenvalue weighted by molar-refractivity contribution is -0.131. The third-order valence-electron chi connectivity index (χ3n) is 5.19. The van der Waals surface area contributed by atoms with Crippen LogP contribution in [0.3, 0.4) is 0 Å². The Morgan fingerprint density at radius 2 is 2.00 bits per heavy atom. The van der Waals surface area contributed by atoms with Crippen LogP contribution in [0.2, 0.25) is 0 Å². The molecule has 1 nitrogen and oxygen atoms in total. The third kappa shape index (κ3) is 0.997. The number of hydrogen-bond donors (Lipinski definition) is 0. The highest BCUT2D eigenvalue weighted by Gasteiger charge is 2.57. The van der Waals surface area contributed by atoms with Gasteiger partial charge in [0.25, 0.3) is 0 Å². The summed E-state index contributed by atoms with van der Waals surface area (Å²) in [6.07, 6.45) is 8.65. The number of hydrogen-bond acceptors (Lipinski definition) is 1. The van der Waals surface area contributed by atoms with Gasteiger partial charge in [-0.2, -0.15) is 0 Å². The molecule has 3 aliphatic rings. The standard InChI is InChI=1S/C12H17ClO/c13-11(14)12-6-1-2-9-8(5-7-12)3-4-10(9)12/h8-10H,1-7H2. The molecule has 3 rings (SSSR count). The largest absolute Gasteiger partial charge is 0.281 e. The van der Waals surface area contributed by atoms with Gasteiger partial charge < -0.3 is 0 Å². The van der Waals surface area contributed by atoms with Crippen LogP contribution in [0.15, 0.2) is 0 Å². The van der Waals surface area contributed by atoms with Gasteiger partial charge in [0.15, 0.2) is 0 Å². The minimum Gasteiger partial charge on any atom is -0.281 e. The van der Waals surface area contributed by atoms with Crippen LogP contribution in [0.25, 0.3) is 0 Å². The molecule has 0 heterocycles. The second-order valence-corrected chi connectivity index (χ2v) is 5.81. The molecular formula is C12H17ClO. The molecule has 0 aromatic carbocycles. The number of halogens is 1. The Morgan fingerprint density at radius 3 is 2.79 bits per heavy atom. The summed E-state index contributed by atoms with van der Waals surface area (Å²) < 4.78 is 0. The van der Waals surface area contributed by atoms with E-state index in [1.165, 1.54) is 32.1 Å². The molecule has 78 valence electrons. The van der Waals surface area contributed by atoms with E-state index in [1.807, 2.05) is 0 Å². The maximum atomic E-state index is 11.7. The van der Waals surface area contributed by atoms with Crippen molar-refractivity contribution in [2.24, 2.45) is 23.2 Å². The Morgan fingerprint density at radius 1 is 1.14 bits per heavy atom. The Balaban J connectivity index is 2.00. The second-order valence-electron chi connectivity index (χ2n) is 5.47. The van der Waals surface area contributed by atoms with Crippen molar-refractivity contribution in [1.29, 1.82) is 0 Å². The number of carbonyl (C=O) groups is 1. The first-order valence-electron chi connectivity index (χ1n) is 5.94. The second kappa shape index (κ2) is 2.98. The molecule has 0 aromatic heterocycles. The van der Waals surface area contributed by atoms with Gasteiger partial charge in [0.1, 0.15) is 0 Å². The summed E-state index contributed by atoms with van der Waals surface area (Å²) in [4.78, 5) is 11.7. The van der Waals surface area contributed by atoms with E-state index in [0.717, 1.165) is 24.7 Å². The summed E-state index contributed by atoms with van der Waals surface area (Å²) in [6, 6.07) is 0. The fourth-order valence-corrected chi connectivity index (χ4v) is 4.90. The molecule has 0 spiro atoms. The summed E-state index contributed by atoms with van der Waals surface area (Å²) >= 11 is 5.87. The third-order valence-corrected chi connectivity index (χ3v) is 5.57. The summed E-state index contributed by atoms with van der Waals surface area (Å²) in [5.74, 6) is 2.43. The van der Waals surface area contributed by atoms with Crippen molar-refractivity contribution in [1.82, 2.24) is 0 Å². The van der Waals surface area contributed by atoms with E-state index >= 15 is 0 Å². The van der Waals surface area contributed by atoms with E-state index in [1.54, 1.807) is 0 Å². The van der Waals surface area contributed by atoms with Gasteiger partial charge in [-0.1, -0.05) is 6.42 Å². The molecule has 4 atom stereocenters. The molecular weight excluding hydrogens is 196 g/mol. The Kier molecular flexibility index (Phi) is 1.96. The van der Waals surface area contributed by atoms with E-state index in [0.29, 0.717) is 5.92 Å². The minimum atomic E-state index is -0.0858. The van der Waals surface area contributed by atoms with E-state index in [9.17, 15) is 4.79 Å². The van der Waals surface area contributed by atoms with Crippen LogP contribution in [0.4, 0.5) is 0 Å². The van der Waals surface area contributed by atoms with Crippen LogP contribution in [-0.2, 0) is 4.79 Å². The van der Waals surface area contributed by atoms with Crippen molar-refractivity contribution >= 4 is 16.8 Å². The zero-order valence-electron chi connectivity index (χ0n) is 8.47. The molecule has 4 unspecified atom stereocenters. The molecule has 0 saturated heterocycles. The number of carbonyl (C=O) groups excluding carboxylic acids is 1. The van der Waals surface area contributed by atoms with Crippen LogP contribution in [0.5, 0.6) is 0 Å². The van der Waals surface area contributed by atoms with Crippen LogP contribution in [0.1, 0.15) is 44.9 Å². The molecule has 14 heavy (non-hydrogen) atoms. The smallest absolute Gasteiger partial charge is 0.228 e. The lowest BCUT2D eigenvalue weighted by Gasteiger charge is -2.48. The molecule has 3 saturated carbocycles.